The summed E-state index contributed by atoms with van der Waals surface area (Å²) in [5.74, 6) is 0. The van der Waals surface area contributed by atoms with Crippen LogP contribution in [0.2, 0.25) is 0 Å². The van der Waals surface area contributed by atoms with Gasteiger partial charge in [0.25, 0.3) is 0 Å². The zero-order chi connectivity index (χ0) is 11.2. The number of nitrogens with two attached hydrogens (primary N) is 1. The summed E-state index contributed by atoms with van der Waals surface area (Å²) in [6.07, 6.45) is 0. The van der Waals surface area contributed by atoms with Gasteiger partial charge in [0.15, 0.2) is 5.13 Å². The van der Waals surface area contributed by atoms with Crippen LogP contribution in [-0.2, 0) is 12.0 Å². The summed E-state index contributed by atoms with van der Waals surface area (Å²) < 4.78 is 0. The summed E-state index contributed by atoms with van der Waals surface area (Å²) >= 11 is 1.64. The molecule has 15 heavy (non-hydrogen) atoms. The van der Waals surface area contributed by atoms with Crippen molar-refractivity contribution in [1.82, 2.24) is 9.88 Å². The van der Waals surface area contributed by atoms with Crippen LogP contribution >= 0.6 is 11.3 Å². The number of fused-ring (bicyclic) bond motifs is 1. The molecule has 0 fully saturated rings. The minimum atomic E-state index is 0.131. The number of hydrogen-bond acceptors (Lipinski definition) is 4. The monoisotopic (exact) mass is 225 g/mol. The molecule has 1 aliphatic rings. The number of aromatic nitrogens is 1. The highest BCUT2D eigenvalue weighted by atomic mass is 32.1. The summed E-state index contributed by atoms with van der Waals surface area (Å²) in [6, 6.07) is 0.584. The van der Waals surface area contributed by atoms with E-state index in [0.29, 0.717) is 11.2 Å². The van der Waals surface area contributed by atoms with Crippen molar-refractivity contribution in [1.29, 1.82) is 0 Å². The number of rotatable bonds is 1. The standard InChI is InChI=1S/C11H19N3S/c1-7(2)14-5-8-9(11(3,4)6-14)13-10(12)15-8/h7H,5-6H2,1-4H3,(H2,12,13). The van der Waals surface area contributed by atoms with Crippen molar-refractivity contribution >= 4 is 16.5 Å². The van der Waals surface area contributed by atoms with Crippen molar-refractivity contribution < 1.29 is 0 Å². The summed E-state index contributed by atoms with van der Waals surface area (Å²) in [5.41, 5.74) is 7.13. The Morgan fingerprint density at radius 1 is 1.47 bits per heavy atom. The molecule has 0 unspecified atom stereocenters. The Morgan fingerprint density at radius 3 is 2.73 bits per heavy atom. The van der Waals surface area contributed by atoms with Gasteiger partial charge < -0.3 is 5.73 Å². The molecule has 0 saturated heterocycles. The van der Waals surface area contributed by atoms with E-state index >= 15 is 0 Å². The first kappa shape index (κ1) is 10.9. The van der Waals surface area contributed by atoms with Crippen LogP contribution in [0.5, 0.6) is 0 Å². The van der Waals surface area contributed by atoms with Gasteiger partial charge in [-0.25, -0.2) is 4.98 Å². The number of anilines is 1. The third-order valence-corrected chi connectivity index (χ3v) is 3.90. The van der Waals surface area contributed by atoms with E-state index in [9.17, 15) is 0 Å². The molecule has 0 aliphatic carbocycles. The zero-order valence-corrected chi connectivity index (χ0v) is 10.7. The second kappa shape index (κ2) is 3.46. The van der Waals surface area contributed by atoms with Crippen molar-refractivity contribution in [2.45, 2.75) is 45.7 Å². The van der Waals surface area contributed by atoms with Crippen molar-refractivity contribution in [2.24, 2.45) is 0 Å². The molecule has 84 valence electrons. The van der Waals surface area contributed by atoms with E-state index in [4.69, 9.17) is 5.73 Å². The Kier molecular flexibility index (Phi) is 2.51. The fourth-order valence-electron chi connectivity index (χ4n) is 2.19. The number of nitrogen functional groups attached to an aromatic ring is 1. The van der Waals surface area contributed by atoms with Crippen LogP contribution in [-0.4, -0.2) is 22.5 Å². The Bertz CT molecular complexity index is 368. The topological polar surface area (TPSA) is 42.1 Å². The maximum absolute atomic E-state index is 5.79. The minimum absolute atomic E-state index is 0.131. The van der Waals surface area contributed by atoms with Crippen LogP contribution in [0.25, 0.3) is 0 Å². The molecule has 0 spiro atoms. The van der Waals surface area contributed by atoms with E-state index < -0.39 is 0 Å². The van der Waals surface area contributed by atoms with Crippen molar-refractivity contribution in [2.75, 3.05) is 12.3 Å². The molecule has 0 bridgehead atoms. The number of hydrogen-bond donors (Lipinski definition) is 1. The summed E-state index contributed by atoms with van der Waals surface area (Å²) in [6.45, 7) is 11.1. The van der Waals surface area contributed by atoms with E-state index in [1.165, 1.54) is 10.6 Å². The van der Waals surface area contributed by atoms with E-state index in [1.807, 2.05) is 0 Å². The van der Waals surface area contributed by atoms with Crippen LogP contribution in [0.1, 0.15) is 38.3 Å². The Labute approximate surface area is 95.3 Å². The van der Waals surface area contributed by atoms with Gasteiger partial charge in [0, 0.05) is 29.4 Å². The van der Waals surface area contributed by atoms with Crippen LogP contribution < -0.4 is 5.73 Å². The van der Waals surface area contributed by atoms with Crippen molar-refractivity contribution in [3.63, 3.8) is 0 Å². The van der Waals surface area contributed by atoms with E-state index in [0.717, 1.165) is 13.1 Å². The molecule has 0 amide bonds. The highest BCUT2D eigenvalue weighted by Gasteiger charge is 2.35. The number of nitrogens with zero attached hydrogens (tertiary/aromatic N) is 2. The molecular formula is C11H19N3S. The fraction of sp³-hybridized carbons (Fsp3) is 0.727. The average molecular weight is 225 g/mol. The SMILES string of the molecule is CC(C)N1Cc2sc(N)nc2C(C)(C)C1. The van der Waals surface area contributed by atoms with Crippen molar-refractivity contribution in [3.05, 3.63) is 10.6 Å². The highest BCUT2D eigenvalue weighted by Crippen LogP contribution is 2.37. The van der Waals surface area contributed by atoms with Crippen LogP contribution in [0, 0.1) is 0 Å². The van der Waals surface area contributed by atoms with Gasteiger partial charge in [-0.15, -0.1) is 11.3 Å². The van der Waals surface area contributed by atoms with Gasteiger partial charge in [-0.2, -0.15) is 0 Å². The molecule has 2 heterocycles. The summed E-state index contributed by atoms with van der Waals surface area (Å²) in [5, 5.41) is 0.707. The maximum Gasteiger partial charge on any atom is 0.180 e. The normalized spacial score (nSPS) is 20.6. The lowest BCUT2D eigenvalue weighted by Gasteiger charge is -2.39. The maximum atomic E-state index is 5.79. The average Bonchev–Trinajstić information content (AvgIpc) is 2.45. The highest BCUT2D eigenvalue weighted by molar-refractivity contribution is 7.15. The van der Waals surface area contributed by atoms with Gasteiger partial charge in [-0.3, -0.25) is 4.90 Å². The van der Waals surface area contributed by atoms with Crippen LogP contribution in [0.3, 0.4) is 0 Å². The van der Waals surface area contributed by atoms with Gasteiger partial charge >= 0.3 is 0 Å². The van der Waals surface area contributed by atoms with Crippen molar-refractivity contribution in [3.8, 4) is 0 Å². The third-order valence-electron chi connectivity index (χ3n) is 3.03. The summed E-state index contributed by atoms with van der Waals surface area (Å²) in [4.78, 5) is 8.30. The lowest BCUT2D eigenvalue weighted by Crippen LogP contribution is -2.44. The first-order chi connectivity index (χ1) is 6.90. The molecule has 0 atom stereocenters. The Hall–Kier alpha value is -0.610. The smallest absolute Gasteiger partial charge is 0.180 e. The number of thiazole rings is 1. The molecule has 0 radical (unpaired) electrons. The second-order valence-electron chi connectivity index (χ2n) is 5.21. The quantitative estimate of drug-likeness (QED) is 0.797. The predicted molar refractivity (Wildman–Crippen MR) is 65.1 cm³/mol. The molecule has 2 N–H and O–H groups in total. The fourth-order valence-corrected chi connectivity index (χ4v) is 3.23. The minimum Gasteiger partial charge on any atom is -0.375 e. The molecule has 1 aliphatic heterocycles. The van der Waals surface area contributed by atoms with Gasteiger partial charge in [-0.1, -0.05) is 13.8 Å². The molecule has 4 heteroatoms. The molecule has 0 saturated carbocycles. The predicted octanol–water partition coefficient (Wildman–Crippen LogP) is 2.23. The van der Waals surface area contributed by atoms with E-state index in [-0.39, 0.29) is 5.41 Å². The zero-order valence-electron chi connectivity index (χ0n) is 9.87. The molecule has 2 rings (SSSR count). The lowest BCUT2D eigenvalue weighted by atomic mass is 9.84. The molecular weight excluding hydrogens is 206 g/mol. The first-order valence-corrected chi connectivity index (χ1v) is 6.21. The molecule has 1 aromatic heterocycles. The van der Waals surface area contributed by atoms with E-state index in [2.05, 4.69) is 37.6 Å². The Morgan fingerprint density at radius 2 is 2.13 bits per heavy atom. The van der Waals surface area contributed by atoms with Crippen LogP contribution in [0.15, 0.2) is 0 Å². The molecule has 1 aromatic rings. The van der Waals surface area contributed by atoms with Gasteiger partial charge in [-0.05, 0) is 13.8 Å². The van der Waals surface area contributed by atoms with Gasteiger partial charge in [0.05, 0.1) is 5.69 Å². The first-order valence-electron chi connectivity index (χ1n) is 5.40. The van der Waals surface area contributed by atoms with Gasteiger partial charge in [0.2, 0.25) is 0 Å². The molecule has 0 aromatic carbocycles. The lowest BCUT2D eigenvalue weighted by molar-refractivity contribution is 0.155. The Balaban J connectivity index is 2.39. The largest absolute Gasteiger partial charge is 0.375 e. The van der Waals surface area contributed by atoms with Crippen LogP contribution in [0.4, 0.5) is 5.13 Å². The summed E-state index contributed by atoms with van der Waals surface area (Å²) in [7, 11) is 0. The molecule has 3 nitrogen and oxygen atoms in total. The third kappa shape index (κ3) is 1.88. The van der Waals surface area contributed by atoms with E-state index in [1.54, 1.807) is 11.3 Å². The second-order valence-corrected chi connectivity index (χ2v) is 6.32. The van der Waals surface area contributed by atoms with Gasteiger partial charge in [0.1, 0.15) is 0 Å².